The topological polar surface area (TPSA) is 115 Å². The van der Waals surface area contributed by atoms with Gasteiger partial charge in [-0.1, -0.05) is 35.5 Å². The summed E-state index contributed by atoms with van der Waals surface area (Å²) in [6.07, 6.45) is 0. The summed E-state index contributed by atoms with van der Waals surface area (Å²) in [7, 11) is 4.77. The van der Waals surface area contributed by atoms with Gasteiger partial charge in [-0.25, -0.2) is 0 Å². The number of H-pyrrole nitrogens is 1. The highest BCUT2D eigenvalue weighted by molar-refractivity contribution is 5.99. The third-order valence-corrected chi connectivity index (χ3v) is 5.12. The summed E-state index contributed by atoms with van der Waals surface area (Å²) in [4.78, 5) is 0. The van der Waals surface area contributed by atoms with Gasteiger partial charge in [0, 0.05) is 16.5 Å². The number of ether oxygens (including phenoxy) is 3. The van der Waals surface area contributed by atoms with Gasteiger partial charge >= 0.3 is 0 Å². The molecule has 0 atom stereocenters. The lowest BCUT2D eigenvalue weighted by molar-refractivity contribution is 0.318. The zero-order chi connectivity index (χ0) is 22.0. The van der Waals surface area contributed by atoms with Crippen molar-refractivity contribution in [2.24, 2.45) is 10.9 Å². The first-order chi connectivity index (χ1) is 15.1. The number of nitrogens with zero attached hydrogens (tertiary/aromatic N) is 2. The van der Waals surface area contributed by atoms with E-state index in [9.17, 15) is 0 Å². The van der Waals surface area contributed by atoms with Crippen LogP contribution in [0.25, 0.3) is 33.3 Å². The highest BCUT2D eigenvalue weighted by Gasteiger charge is 2.16. The summed E-state index contributed by atoms with van der Waals surface area (Å²) in [5.41, 5.74) is 10.8. The van der Waals surface area contributed by atoms with Crippen LogP contribution < -0.4 is 19.9 Å². The van der Waals surface area contributed by atoms with E-state index in [2.05, 4.69) is 21.4 Å². The van der Waals surface area contributed by atoms with E-state index >= 15 is 0 Å². The molecular weight excluding hydrogens is 396 g/mol. The molecule has 4 rings (SSSR count). The van der Waals surface area contributed by atoms with E-state index in [-0.39, 0.29) is 5.84 Å². The van der Waals surface area contributed by atoms with Gasteiger partial charge in [-0.15, -0.1) is 0 Å². The van der Waals surface area contributed by atoms with Crippen molar-refractivity contribution in [3.8, 4) is 39.6 Å². The first kappa shape index (κ1) is 20.1. The van der Waals surface area contributed by atoms with Crippen LogP contribution in [0, 0.1) is 0 Å². The van der Waals surface area contributed by atoms with E-state index in [1.165, 1.54) is 0 Å². The minimum Gasteiger partial charge on any atom is -0.493 e. The van der Waals surface area contributed by atoms with Crippen LogP contribution in [0.3, 0.4) is 0 Å². The van der Waals surface area contributed by atoms with Crippen molar-refractivity contribution in [2.75, 3.05) is 21.3 Å². The Bertz CT molecular complexity index is 1240. The Hall–Kier alpha value is -4.20. The average molecular weight is 418 g/mol. The number of methoxy groups -OCH3 is 3. The maximum absolute atomic E-state index is 8.85. The monoisotopic (exact) mass is 418 g/mol. The molecule has 0 saturated carbocycles. The van der Waals surface area contributed by atoms with Crippen LogP contribution in [0.5, 0.6) is 17.2 Å². The number of hydrogen-bond acceptors (Lipinski definition) is 6. The average Bonchev–Trinajstić information content (AvgIpc) is 3.25. The minimum atomic E-state index is 0.0584. The fourth-order valence-corrected chi connectivity index (χ4v) is 3.52. The maximum atomic E-state index is 8.85. The molecule has 0 aliphatic heterocycles. The summed E-state index contributed by atoms with van der Waals surface area (Å²) in [6, 6.07) is 17.2. The number of aromatic amines is 1. The Labute approximate surface area is 178 Å². The molecule has 0 amide bonds. The van der Waals surface area contributed by atoms with Crippen LogP contribution in [0.15, 0.2) is 59.8 Å². The lowest BCUT2D eigenvalue weighted by atomic mass is 10.00. The molecule has 0 bridgehead atoms. The molecule has 4 aromatic rings. The molecule has 0 aliphatic rings. The number of nitrogens with one attached hydrogen (secondary N) is 1. The van der Waals surface area contributed by atoms with Gasteiger partial charge in [0.15, 0.2) is 17.3 Å². The summed E-state index contributed by atoms with van der Waals surface area (Å²) in [5, 5.41) is 20.4. The predicted molar refractivity (Wildman–Crippen MR) is 119 cm³/mol. The zero-order valence-corrected chi connectivity index (χ0v) is 17.3. The van der Waals surface area contributed by atoms with Gasteiger partial charge < -0.3 is 25.2 Å². The van der Waals surface area contributed by atoms with Gasteiger partial charge in [0.05, 0.1) is 32.5 Å². The van der Waals surface area contributed by atoms with Gasteiger partial charge in [-0.2, -0.15) is 5.10 Å². The first-order valence-electron chi connectivity index (χ1n) is 9.46. The normalized spacial score (nSPS) is 11.5. The molecule has 1 heterocycles. The smallest absolute Gasteiger partial charge is 0.203 e. The Kier molecular flexibility index (Phi) is 5.36. The number of rotatable bonds is 6. The van der Waals surface area contributed by atoms with Crippen molar-refractivity contribution in [2.45, 2.75) is 0 Å². The third kappa shape index (κ3) is 3.59. The molecule has 0 fully saturated rings. The standard InChI is InChI=1S/C23H22N4O4/c1-29-19-11-16(12-20(30-2)22(19)31-3)15-8-9-18-17(10-15)21(26-25-18)13-4-6-14(7-5-13)23(24)27-28/h4-12,28H,1-3H3,(H2,24,27)(H,25,26). The Balaban J connectivity index is 1.81. The molecule has 0 spiro atoms. The van der Waals surface area contributed by atoms with E-state index in [0.29, 0.717) is 22.8 Å². The summed E-state index contributed by atoms with van der Waals surface area (Å²) in [5.74, 6) is 1.78. The second-order valence-corrected chi connectivity index (χ2v) is 6.81. The van der Waals surface area contributed by atoms with Crippen molar-refractivity contribution in [1.29, 1.82) is 0 Å². The predicted octanol–water partition coefficient (Wildman–Crippen LogP) is 4.02. The van der Waals surface area contributed by atoms with Crippen LogP contribution in [0.4, 0.5) is 0 Å². The van der Waals surface area contributed by atoms with Crippen molar-refractivity contribution < 1.29 is 19.4 Å². The molecule has 0 unspecified atom stereocenters. The number of hydrogen-bond donors (Lipinski definition) is 3. The summed E-state index contributed by atoms with van der Waals surface area (Å²) in [6.45, 7) is 0. The first-order valence-corrected chi connectivity index (χ1v) is 9.46. The number of benzene rings is 3. The van der Waals surface area contributed by atoms with Gasteiger partial charge in [-0.3, -0.25) is 5.10 Å². The molecule has 0 aliphatic carbocycles. The second kappa shape index (κ2) is 8.27. The number of nitrogens with two attached hydrogens (primary N) is 1. The maximum Gasteiger partial charge on any atom is 0.203 e. The highest BCUT2D eigenvalue weighted by atomic mass is 16.5. The lowest BCUT2D eigenvalue weighted by Crippen LogP contribution is -2.12. The second-order valence-electron chi connectivity index (χ2n) is 6.81. The van der Waals surface area contributed by atoms with Crippen LogP contribution in [-0.4, -0.2) is 42.6 Å². The molecule has 0 saturated heterocycles. The molecule has 8 nitrogen and oxygen atoms in total. The van der Waals surface area contributed by atoms with Crippen LogP contribution >= 0.6 is 0 Å². The van der Waals surface area contributed by atoms with Crippen LogP contribution in [-0.2, 0) is 0 Å². The number of oxime groups is 1. The van der Waals surface area contributed by atoms with Crippen molar-refractivity contribution in [3.05, 3.63) is 60.2 Å². The van der Waals surface area contributed by atoms with Gasteiger partial charge in [0.25, 0.3) is 0 Å². The number of aromatic nitrogens is 2. The van der Waals surface area contributed by atoms with E-state index < -0.39 is 0 Å². The van der Waals surface area contributed by atoms with E-state index in [0.717, 1.165) is 33.3 Å². The van der Waals surface area contributed by atoms with Crippen LogP contribution in [0.2, 0.25) is 0 Å². The van der Waals surface area contributed by atoms with Crippen LogP contribution in [0.1, 0.15) is 5.56 Å². The Morgan fingerprint density at radius 1 is 0.871 bits per heavy atom. The van der Waals surface area contributed by atoms with Gasteiger partial charge in [0.2, 0.25) is 5.75 Å². The van der Waals surface area contributed by atoms with Crippen molar-refractivity contribution in [1.82, 2.24) is 10.2 Å². The minimum absolute atomic E-state index is 0.0584. The van der Waals surface area contributed by atoms with Crippen molar-refractivity contribution in [3.63, 3.8) is 0 Å². The SMILES string of the molecule is COc1cc(-c2ccc3[nH]nc(-c4ccc(C(N)=NO)cc4)c3c2)cc(OC)c1OC. The molecular formula is C23H22N4O4. The molecule has 3 aromatic carbocycles. The zero-order valence-electron chi connectivity index (χ0n) is 17.3. The molecule has 0 radical (unpaired) electrons. The Morgan fingerprint density at radius 2 is 1.52 bits per heavy atom. The van der Waals surface area contributed by atoms with E-state index in [4.69, 9.17) is 25.2 Å². The largest absolute Gasteiger partial charge is 0.493 e. The quantitative estimate of drug-likeness (QED) is 0.189. The summed E-state index contributed by atoms with van der Waals surface area (Å²) < 4.78 is 16.4. The fraction of sp³-hybridized carbons (Fsp3) is 0.130. The summed E-state index contributed by atoms with van der Waals surface area (Å²) >= 11 is 0. The van der Waals surface area contributed by atoms with E-state index in [1.54, 1.807) is 33.5 Å². The van der Waals surface area contributed by atoms with Gasteiger partial charge in [-0.05, 0) is 35.4 Å². The molecule has 31 heavy (non-hydrogen) atoms. The molecule has 158 valence electrons. The number of fused-ring (bicyclic) bond motifs is 1. The Morgan fingerprint density at radius 3 is 2.10 bits per heavy atom. The molecule has 4 N–H and O–H groups in total. The molecule has 8 heteroatoms. The van der Waals surface area contributed by atoms with Crippen molar-refractivity contribution >= 4 is 16.7 Å². The fourth-order valence-electron chi connectivity index (χ4n) is 3.52. The van der Waals surface area contributed by atoms with Gasteiger partial charge in [0.1, 0.15) is 0 Å². The van der Waals surface area contributed by atoms with E-state index in [1.807, 2.05) is 36.4 Å². The highest BCUT2D eigenvalue weighted by Crippen LogP contribution is 2.42. The number of amidine groups is 1. The molecule has 1 aromatic heterocycles. The lowest BCUT2D eigenvalue weighted by Gasteiger charge is -2.14. The third-order valence-electron chi connectivity index (χ3n) is 5.12.